The lowest BCUT2D eigenvalue weighted by atomic mass is 10.2. The van der Waals surface area contributed by atoms with Crippen molar-refractivity contribution in [2.75, 3.05) is 0 Å². The van der Waals surface area contributed by atoms with E-state index in [-0.39, 0.29) is 0 Å². The molecular formula is C20H11ClN4O. The third kappa shape index (κ3) is 3.06. The van der Waals surface area contributed by atoms with Gasteiger partial charge in [-0.15, -0.1) is 0 Å². The first-order chi connectivity index (χ1) is 12.7. The number of aromatic nitrogens is 3. The van der Waals surface area contributed by atoms with Crippen LogP contribution in [0.15, 0.2) is 67.0 Å². The predicted molar refractivity (Wildman–Crippen MR) is 99.0 cm³/mol. The fraction of sp³-hybridized carbons (Fsp3) is 0. The van der Waals surface area contributed by atoms with Gasteiger partial charge in [-0.1, -0.05) is 23.7 Å². The van der Waals surface area contributed by atoms with E-state index in [1.165, 1.54) is 0 Å². The number of nitriles is 1. The second-order valence-electron chi connectivity index (χ2n) is 5.47. The van der Waals surface area contributed by atoms with Crippen LogP contribution in [-0.2, 0) is 0 Å². The van der Waals surface area contributed by atoms with E-state index in [9.17, 15) is 0 Å². The summed E-state index contributed by atoms with van der Waals surface area (Å²) in [5.74, 6) is 1.32. The summed E-state index contributed by atoms with van der Waals surface area (Å²) in [7, 11) is 0. The van der Waals surface area contributed by atoms with Crippen LogP contribution in [0.1, 0.15) is 5.56 Å². The average molecular weight is 359 g/mol. The molecule has 6 heteroatoms. The Morgan fingerprint density at radius 1 is 1.00 bits per heavy atom. The van der Waals surface area contributed by atoms with E-state index in [0.717, 1.165) is 16.5 Å². The molecule has 0 radical (unpaired) electrons. The van der Waals surface area contributed by atoms with Crippen LogP contribution in [0.3, 0.4) is 0 Å². The van der Waals surface area contributed by atoms with Crippen LogP contribution in [0.2, 0.25) is 5.02 Å². The van der Waals surface area contributed by atoms with Crippen molar-refractivity contribution in [2.24, 2.45) is 0 Å². The van der Waals surface area contributed by atoms with Crippen molar-refractivity contribution in [2.45, 2.75) is 0 Å². The van der Waals surface area contributed by atoms with Gasteiger partial charge >= 0.3 is 0 Å². The number of fused-ring (bicyclic) bond motifs is 1. The van der Waals surface area contributed by atoms with Gasteiger partial charge in [-0.05, 0) is 42.5 Å². The van der Waals surface area contributed by atoms with Crippen LogP contribution in [-0.4, -0.2) is 15.0 Å². The Kier molecular flexibility index (Phi) is 4.18. The SMILES string of the molecule is N#Cc1ccc(Oc2nc(-c3cccnc3)nc3ccccc23)c(Cl)c1. The summed E-state index contributed by atoms with van der Waals surface area (Å²) in [5, 5.41) is 10.1. The summed E-state index contributed by atoms with van der Waals surface area (Å²) >= 11 is 6.24. The third-order valence-electron chi connectivity index (χ3n) is 3.76. The van der Waals surface area contributed by atoms with Gasteiger partial charge in [0.25, 0.3) is 0 Å². The lowest BCUT2D eigenvalue weighted by Gasteiger charge is -2.11. The van der Waals surface area contributed by atoms with E-state index >= 15 is 0 Å². The minimum atomic E-state index is 0.342. The van der Waals surface area contributed by atoms with Crippen LogP contribution in [0.25, 0.3) is 22.3 Å². The molecule has 0 amide bonds. The van der Waals surface area contributed by atoms with Crippen molar-refractivity contribution in [3.05, 3.63) is 77.6 Å². The van der Waals surface area contributed by atoms with Gasteiger partial charge in [0.05, 0.1) is 27.6 Å². The van der Waals surface area contributed by atoms with Crippen molar-refractivity contribution >= 4 is 22.5 Å². The quantitative estimate of drug-likeness (QED) is 0.514. The zero-order chi connectivity index (χ0) is 17.9. The number of ether oxygens (including phenoxy) is 1. The highest BCUT2D eigenvalue weighted by atomic mass is 35.5. The molecule has 0 aliphatic heterocycles. The van der Waals surface area contributed by atoms with Crippen molar-refractivity contribution in [3.63, 3.8) is 0 Å². The second-order valence-corrected chi connectivity index (χ2v) is 5.88. The molecule has 26 heavy (non-hydrogen) atoms. The Balaban J connectivity index is 1.85. The number of rotatable bonds is 3. The maximum Gasteiger partial charge on any atom is 0.230 e. The molecule has 2 aromatic heterocycles. The molecule has 0 atom stereocenters. The van der Waals surface area contributed by atoms with Crippen molar-refractivity contribution in [1.82, 2.24) is 15.0 Å². The molecule has 0 aliphatic rings. The average Bonchev–Trinajstić information content (AvgIpc) is 2.70. The van der Waals surface area contributed by atoms with E-state index in [1.54, 1.807) is 30.6 Å². The van der Waals surface area contributed by atoms with Gasteiger partial charge in [-0.2, -0.15) is 10.2 Å². The molecular weight excluding hydrogens is 348 g/mol. The van der Waals surface area contributed by atoms with Crippen molar-refractivity contribution in [1.29, 1.82) is 5.26 Å². The summed E-state index contributed by atoms with van der Waals surface area (Å²) in [4.78, 5) is 13.3. The van der Waals surface area contributed by atoms with E-state index in [2.05, 4.69) is 15.0 Å². The number of para-hydroxylation sites is 1. The molecule has 124 valence electrons. The molecule has 5 nitrogen and oxygen atoms in total. The predicted octanol–water partition coefficient (Wildman–Crippen LogP) is 5.01. The maximum absolute atomic E-state index is 8.97. The molecule has 2 heterocycles. The van der Waals surface area contributed by atoms with Gasteiger partial charge in [0.15, 0.2) is 5.82 Å². The number of hydrogen-bond donors (Lipinski definition) is 0. The largest absolute Gasteiger partial charge is 0.437 e. The standard InChI is InChI=1S/C20H11ClN4O/c21-16-10-13(11-22)7-8-18(16)26-20-15-5-1-2-6-17(15)24-19(25-20)14-4-3-9-23-12-14/h1-10,12H. The first kappa shape index (κ1) is 16.0. The topological polar surface area (TPSA) is 71.7 Å². The minimum absolute atomic E-state index is 0.342. The number of hydrogen-bond acceptors (Lipinski definition) is 5. The fourth-order valence-corrected chi connectivity index (χ4v) is 2.73. The highest BCUT2D eigenvalue weighted by molar-refractivity contribution is 6.32. The van der Waals surface area contributed by atoms with Crippen LogP contribution in [0.4, 0.5) is 0 Å². The van der Waals surface area contributed by atoms with Crippen LogP contribution in [0, 0.1) is 11.3 Å². The molecule has 4 rings (SSSR count). The van der Waals surface area contributed by atoms with Gasteiger partial charge in [0, 0.05) is 18.0 Å². The summed E-state index contributed by atoms with van der Waals surface area (Å²) in [6.45, 7) is 0. The number of benzene rings is 2. The van der Waals surface area contributed by atoms with Gasteiger partial charge in [-0.25, -0.2) is 4.98 Å². The van der Waals surface area contributed by atoms with Gasteiger partial charge < -0.3 is 4.74 Å². The van der Waals surface area contributed by atoms with Crippen LogP contribution >= 0.6 is 11.6 Å². The van der Waals surface area contributed by atoms with Gasteiger partial charge in [0.2, 0.25) is 5.88 Å². The smallest absolute Gasteiger partial charge is 0.230 e. The number of halogens is 1. The van der Waals surface area contributed by atoms with E-state index in [1.807, 2.05) is 42.5 Å². The highest BCUT2D eigenvalue weighted by Crippen LogP contribution is 2.33. The Bertz CT molecular complexity index is 1140. The summed E-state index contributed by atoms with van der Waals surface area (Å²) in [6, 6.07) is 18.2. The normalized spacial score (nSPS) is 10.5. The van der Waals surface area contributed by atoms with Crippen molar-refractivity contribution in [3.8, 4) is 29.1 Å². The fourth-order valence-electron chi connectivity index (χ4n) is 2.51. The number of nitrogens with zero attached hydrogens (tertiary/aromatic N) is 4. The molecule has 0 spiro atoms. The Labute approximate surface area is 154 Å². The summed E-state index contributed by atoms with van der Waals surface area (Å²) < 4.78 is 5.97. The van der Waals surface area contributed by atoms with E-state index in [4.69, 9.17) is 21.6 Å². The molecule has 0 unspecified atom stereocenters. The molecule has 0 saturated heterocycles. The molecule has 0 fully saturated rings. The minimum Gasteiger partial charge on any atom is -0.437 e. The molecule has 0 bridgehead atoms. The van der Waals surface area contributed by atoms with Gasteiger partial charge in [-0.3, -0.25) is 4.98 Å². The van der Waals surface area contributed by atoms with E-state index in [0.29, 0.717) is 28.0 Å². The van der Waals surface area contributed by atoms with Gasteiger partial charge in [0.1, 0.15) is 5.75 Å². The summed E-state index contributed by atoms with van der Waals surface area (Å²) in [5.41, 5.74) is 2.00. The first-order valence-corrected chi connectivity index (χ1v) is 8.17. The molecule has 2 aromatic carbocycles. The van der Waals surface area contributed by atoms with Crippen molar-refractivity contribution < 1.29 is 4.74 Å². The Morgan fingerprint density at radius 2 is 1.88 bits per heavy atom. The first-order valence-electron chi connectivity index (χ1n) is 7.79. The Morgan fingerprint density at radius 3 is 2.65 bits per heavy atom. The van der Waals surface area contributed by atoms with E-state index < -0.39 is 0 Å². The van der Waals surface area contributed by atoms with Crippen LogP contribution < -0.4 is 4.74 Å². The zero-order valence-electron chi connectivity index (χ0n) is 13.4. The monoisotopic (exact) mass is 358 g/mol. The number of pyridine rings is 1. The maximum atomic E-state index is 8.97. The van der Waals surface area contributed by atoms with Crippen LogP contribution in [0.5, 0.6) is 11.6 Å². The third-order valence-corrected chi connectivity index (χ3v) is 4.05. The molecule has 0 aliphatic carbocycles. The highest BCUT2D eigenvalue weighted by Gasteiger charge is 2.13. The lowest BCUT2D eigenvalue weighted by Crippen LogP contribution is -1.96. The lowest BCUT2D eigenvalue weighted by molar-refractivity contribution is 0.469. The Hall–Kier alpha value is -3.49. The summed E-state index contributed by atoms with van der Waals surface area (Å²) in [6.07, 6.45) is 3.39. The zero-order valence-corrected chi connectivity index (χ0v) is 14.2. The second kappa shape index (κ2) is 6.79. The molecule has 0 saturated carbocycles. The molecule has 4 aromatic rings. The molecule has 0 N–H and O–H groups in total.